The zero-order chi connectivity index (χ0) is 18.5. The summed E-state index contributed by atoms with van der Waals surface area (Å²) in [5.41, 5.74) is 2.19. The Balaban J connectivity index is 1.34. The number of aromatic nitrogens is 2. The van der Waals surface area contributed by atoms with E-state index in [2.05, 4.69) is 15.3 Å². The maximum Gasteiger partial charge on any atom is 0.253 e. The molecule has 0 spiro atoms. The number of furan rings is 1. The molecule has 0 saturated heterocycles. The summed E-state index contributed by atoms with van der Waals surface area (Å²) in [4.78, 5) is 20.9. The Labute approximate surface area is 157 Å². The average Bonchev–Trinajstić information content (AvgIpc) is 3.41. The highest BCUT2D eigenvalue weighted by molar-refractivity contribution is 5.93. The summed E-state index contributed by atoms with van der Waals surface area (Å²) in [7, 11) is 0. The third-order valence-corrected chi connectivity index (χ3v) is 4.64. The Morgan fingerprint density at radius 3 is 2.81 bits per heavy atom. The SMILES string of the molecule is O=C(NCc1ccnc(-c2ccco2)c1)c1ccc(OC2CCCC2)nc1. The second-order valence-corrected chi connectivity index (χ2v) is 6.62. The van der Waals surface area contributed by atoms with Crippen molar-refractivity contribution >= 4 is 5.91 Å². The molecule has 138 valence electrons. The predicted molar refractivity (Wildman–Crippen MR) is 100 cm³/mol. The smallest absolute Gasteiger partial charge is 0.253 e. The molecule has 0 atom stereocenters. The van der Waals surface area contributed by atoms with E-state index in [0.717, 1.165) is 24.1 Å². The minimum absolute atomic E-state index is 0.175. The van der Waals surface area contributed by atoms with Crippen LogP contribution in [0.25, 0.3) is 11.5 Å². The van der Waals surface area contributed by atoms with Crippen LogP contribution in [0.2, 0.25) is 0 Å². The molecule has 1 aliphatic carbocycles. The third-order valence-electron chi connectivity index (χ3n) is 4.64. The molecule has 3 aromatic heterocycles. The molecule has 3 aromatic rings. The highest BCUT2D eigenvalue weighted by Crippen LogP contribution is 2.23. The molecule has 6 nitrogen and oxygen atoms in total. The van der Waals surface area contributed by atoms with Gasteiger partial charge in [0.1, 0.15) is 11.8 Å². The topological polar surface area (TPSA) is 77.2 Å². The number of hydrogen-bond acceptors (Lipinski definition) is 5. The molecule has 0 radical (unpaired) electrons. The van der Waals surface area contributed by atoms with Gasteiger partial charge in [0.2, 0.25) is 5.88 Å². The van der Waals surface area contributed by atoms with Gasteiger partial charge in [0, 0.05) is 25.0 Å². The first kappa shape index (κ1) is 17.3. The lowest BCUT2D eigenvalue weighted by Crippen LogP contribution is -2.23. The van der Waals surface area contributed by atoms with Crippen molar-refractivity contribution in [2.45, 2.75) is 38.3 Å². The molecule has 3 heterocycles. The first-order valence-electron chi connectivity index (χ1n) is 9.18. The third kappa shape index (κ3) is 4.34. The second-order valence-electron chi connectivity index (χ2n) is 6.62. The van der Waals surface area contributed by atoms with Crippen LogP contribution in [0.5, 0.6) is 5.88 Å². The summed E-state index contributed by atoms with van der Waals surface area (Å²) in [6.07, 6.45) is 9.71. The van der Waals surface area contributed by atoms with Gasteiger partial charge in [-0.05, 0) is 61.6 Å². The number of rotatable bonds is 6. The van der Waals surface area contributed by atoms with Crippen LogP contribution in [0, 0.1) is 0 Å². The lowest BCUT2D eigenvalue weighted by atomic mass is 10.2. The highest BCUT2D eigenvalue weighted by atomic mass is 16.5. The zero-order valence-electron chi connectivity index (χ0n) is 14.9. The van der Waals surface area contributed by atoms with E-state index in [-0.39, 0.29) is 12.0 Å². The van der Waals surface area contributed by atoms with Crippen LogP contribution in [0.15, 0.2) is 59.5 Å². The second kappa shape index (κ2) is 8.03. The van der Waals surface area contributed by atoms with Gasteiger partial charge in [0.15, 0.2) is 5.76 Å². The van der Waals surface area contributed by atoms with Crippen LogP contribution < -0.4 is 10.1 Å². The lowest BCUT2D eigenvalue weighted by Gasteiger charge is -2.12. The molecule has 27 heavy (non-hydrogen) atoms. The molecule has 1 fully saturated rings. The molecule has 0 bridgehead atoms. The molecule has 6 heteroatoms. The van der Waals surface area contributed by atoms with Gasteiger partial charge >= 0.3 is 0 Å². The number of carbonyl (C=O) groups excluding carboxylic acids is 1. The van der Waals surface area contributed by atoms with Gasteiger partial charge in [0.25, 0.3) is 5.91 Å². The molecule has 0 aliphatic heterocycles. The van der Waals surface area contributed by atoms with E-state index in [1.54, 1.807) is 30.8 Å². The van der Waals surface area contributed by atoms with Crippen LogP contribution in [0.1, 0.15) is 41.6 Å². The predicted octanol–water partition coefficient (Wildman–Crippen LogP) is 3.99. The maximum atomic E-state index is 12.4. The molecule has 1 aliphatic rings. The number of carbonyl (C=O) groups is 1. The molecular formula is C21H21N3O3. The van der Waals surface area contributed by atoms with Crippen molar-refractivity contribution in [1.82, 2.24) is 15.3 Å². The molecule has 4 rings (SSSR count). The van der Waals surface area contributed by atoms with E-state index in [0.29, 0.717) is 23.7 Å². The van der Waals surface area contributed by atoms with Crippen molar-refractivity contribution in [3.8, 4) is 17.3 Å². The number of pyridine rings is 2. The zero-order valence-corrected chi connectivity index (χ0v) is 14.9. The standard InChI is InChI=1S/C21H21N3O3/c25-21(16-7-8-20(23-14-16)27-17-4-1-2-5-17)24-13-15-9-10-22-18(12-15)19-6-3-11-26-19/h3,6-12,14,17H,1-2,4-5,13H2,(H,24,25). The molecular weight excluding hydrogens is 342 g/mol. The molecule has 0 aromatic carbocycles. The summed E-state index contributed by atoms with van der Waals surface area (Å²) in [6.45, 7) is 0.398. The van der Waals surface area contributed by atoms with Gasteiger partial charge in [-0.1, -0.05) is 0 Å². The Kier molecular flexibility index (Phi) is 5.14. The Morgan fingerprint density at radius 2 is 2.07 bits per heavy atom. The van der Waals surface area contributed by atoms with Crippen molar-refractivity contribution < 1.29 is 13.9 Å². The molecule has 1 N–H and O–H groups in total. The van der Waals surface area contributed by atoms with Crippen molar-refractivity contribution in [1.29, 1.82) is 0 Å². The van der Waals surface area contributed by atoms with Crippen molar-refractivity contribution in [2.24, 2.45) is 0 Å². The fraction of sp³-hybridized carbons (Fsp3) is 0.286. The van der Waals surface area contributed by atoms with Crippen LogP contribution in [0.4, 0.5) is 0 Å². The van der Waals surface area contributed by atoms with Gasteiger partial charge < -0.3 is 14.5 Å². The fourth-order valence-electron chi connectivity index (χ4n) is 3.19. The Bertz CT molecular complexity index is 885. The summed E-state index contributed by atoms with van der Waals surface area (Å²) < 4.78 is 11.2. The molecule has 1 amide bonds. The van der Waals surface area contributed by atoms with Gasteiger partial charge in [-0.2, -0.15) is 0 Å². The van der Waals surface area contributed by atoms with Gasteiger partial charge in [0.05, 0.1) is 11.8 Å². The monoisotopic (exact) mass is 363 g/mol. The first-order valence-corrected chi connectivity index (χ1v) is 9.18. The minimum atomic E-state index is -0.175. The number of amides is 1. The van der Waals surface area contributed by atoms with E-state index < -0.39 is 0 Å². The van der Waals surface area contributed by atoms with Crippen molar-refractivity contribution in [3.63, 3.8) is 0 Å². The van der Waals surface area contributed by atoms with Crippen molar-refractivity contribution in [2.75, 3.05) is 0 Å². The van der Waals surface area contributed by atoms with Gasteiger partial charge in [-0.3, -0.25) is 9.78 Å². The maximum absolute atomic E-state index is 12.4. The van der Waals surface area contributed by atoms with Crippen molar-refractivity contribution in [3.05, 3.63) is 66.2 Å². The number of ether oxygens (including phenoxy) is 1. The summed E-state index contributed by atoms with van der Waals surface area (Å²) >= 11 is 0. The summed E-state index contributed by atoms with van der Waals surface area (Å²) in [5.74, 6) is 1.10. The van der Waals surface area contributed by atoms with E-state index in [4.69, 9.17) is 9.15 Å². The first-order chi connectivity index (χ1) is 13.3. The minimum Gasteiger partial charge on any atom is -0.474 e. The Morgan fingerprint density at radius 1 is 1.19 bits per heavy atom. The van der Waals surface area contributed by atoms with Gasteiger partial charge in [-0.25, -0.2) is 4.98 Å². The summed E-state index contributed by atoms with van der Waals surface area (Å²) in [5, 5.41) is 2.90. The summed E-state index contributed by atoms with van der Waals surface area (Å²) in [6, 6.07) is 10.9. The average molecular weight is 363 g/mol. The van der Waals surface area contributed by atoms with Gasteiger partial charge in [-0.15, -0.1) is 0 Å². The van der Waals surface area contributed by atoms with Crippen LogP contribution in [-0.4, -0.2) is 22.0 Å². The van der Waals surface area contributed by atoms with Crippen LogP contribution in [-0.2, 0) is 6.54 Å². The Hall–Kier alpha value is -3.15. The number of nitrogens with zero attached hydrogens (tertiary/aromatic N) is 2. The van der Waals surface area contributed by atoms with E-state index in [1.807, 2.05) is 24.3 Å². The molecule has 1 saturated carbocycles. The normalized spacial score (nSPS) is 14.2. The van der Waals surface area contributed by atoms with E-state index >= 15 is 0 Å². The van der Waals surface area contributed by atoms with Crippen LogP contribution in [0.3, 0.4) is 0 Å². The quantitative estimate of drug-likeness (QED) is 0.716. The van der Waals surface area contributed by atoms with Crippen LogP contribution >= 0.6 is 0 Å². The molecule has 0 unspecified atom stereocenters. The van der Waals surface area contributed by atoms with E-state index in [1.165, 1.54) is 12.8 Å². The number of hydrogen-bond donors (Lipinski definition) is 1. The highest BCUT2D eigenvalue weighted by Gasteiger charge is 2.17. The largest absolute Gasteiger partial charge is 0.474 e. The number of nitrogens with one attached hydrogen (secondary N) is 1. The fourth-order valence-corrected chi connectivity index (χ4v) is 3.19. The lowest BCUT2D eigenvalue weighted by molar-refractivity contribution is 0.0950. The van der Waals surface area contributed by atoms with E-state index in [9.17, 15) is 4.79 Å².